The fourth-order valence-corrected chi connectivity index (χ4v) is 1.77. The Labute approximate surface area is 82.4 Å². The third-order valence-corrected chi connectivity index (χ3v) is 2.04. The van der Waals surface area contributed by atoms with E-state index in [1.54, 1.807) is 0 Å². The summed E-state index contributed by atoms with van der Waals surface area (Å²) in [5, 5.41) is 0. The van der Waals surface area contributed by atoms with Crippen molar-refractivity contribution < 1.29 is 4.74 Å². The minimum absolute atomic E-state index is 0.398. The molecule has 0 saturated carbocycles. The molecule has 0 atom stereocenters. The van der Waals surface area contributed by atoms with E-state index in [4.69, 9.17) is 4.74 Å². The van der Waals surface area contributed by atoms with Crippen molar-refractivity contribution in [1.82, 2.24) is 4.90 Å². The van der Waals surface area contributed by atoms with Gasteiger partial charge in [0.2, 0.25) is 0 Å². The van der Waals surface area contributed by atoms with E-state index in [1.165, 1.54) is 6.54 Å². The summed E-state index contributed by atoms with van der Waals surface area (Å²) >= 11 is 2.50. The first kappa shape index (κ1) is 9.74. The first-order valence-electron chi connectivity index (χ1n) is 4.07. The predicted molar refractivity (Wildman–Crippen MR) is 55.4 cm³/mol. The van der Waals surface area contributed by atoms with E-state index in [-0.39, 0.29) is 0 Å². The Hall–Kier alpha value is 0.650. The Morgan fingerprint density at radius 1 is 1.36 bits per heavy atom. The van der Waals surface area contributed by atoms with Crippen LogP contribution >= 0.6 is 22.6 Å². The predicted octanol–water partition coefficient (Wildman–Crippen LogP) is 1.53. The van der Waals surface area contributed by atoms with Crippen molar-refractivity contribution >= 4 is 22.6 Å². The van der Waals surface area contributed by atoms with Crippen LogP contribution in [0.4, 0.5) is 0 Å². The van der Waals surface area contributed by atoms with Gasteiger partial charge < -0.3 is 4.74 Å². The first-order chi connectivity index (χ1) is 5.08. The maximum Gasteiger partial charge on any atom is 0.0594 e. The summed E-state index contributed by atoms with van der Waals surface area (Å²) in [6, 6.07) is 0. The second-order valence-electron chi connectivity index (χ2n) is 3.61. The zero-order valence-electron chi connectivity index (χ0n) is 7.27. The van der Waals surface area contributed by atoms with Gasteiger partial charge in [-0.15, -0.1) is 0 Å². The van der Waals surface area contributed by atoms with Crippen LogP contribution in [0.1, 0.15) is 13.8 Å². The van der Waals surface area contributed by atoms with Crippen molar-refractivity contribution in [2.75, 3.05) is 32.8 Å². The molecule has 1 aliphatic rings. The molecule has 0 bridgehead atoms. The minimum Gasteiger partial charge on any atom is -0.379 e. The highest BCUT2D eigenvalue weighted by molar-refractivity contribution is 14.1. The molecule has 1 saturated heterocycles. The molecule has 0 spiro atoms. The number of ether oxygens (including phenoxy) is 1. The van der Waals surface area contributed by atoms with Gasteiger partial charge in [-0.3, -0.25) is 4.90 Å². The number of morpholine rings is 1. The van der Waals surface area contributed by atoms with Crippen molar-refractivity contribution in [3.63, 3.8) is 0 Å². The number of rotatable bonds is 2. The normalized spacial score (nSPS) is 22.1. The minimum atomic E-state index is 0.398. The molecule has 1 aliphatic heterocycles. The second kappa shape index (κ2) is 4.05. The Balaban J connectivity index is 2.24. The molecule has 0 N–H and O–H groups in total. The Morgan fingerprint density at radius 3 is 2.36 bits per heavy atom. The molecule has 1 fully saturated rings. The lowest BCUT2D eigenvalue weighted by Crippen LogP contribution is -2.42. The average Bonchev–Trinajstić information content (AvgIpc) is 1.85. The fraction of sp³-hybridized carbons (Fsp3) is 1.00. The smallest absolute Gasteiger partial charge is 0.0594 e. The number of hydrogen-bond acceptors (Lipinski definition) is 2. The molecule has 0 aromatic rings. The van der Waals surface area contributed by atoms with Gasteiger partial charge in [0.05, 0.1) is 13.2 Å². The molecule has 0 amide bonds. The number of nitrogens with zero attached hydrogens (tertiary/aromatic N) is 1. The van der Waals surface area contributed by atoms with Crippen LogP contribution in [0, 0.1) is 0 Å². The Kier molecular flexibility index (Phi) is 3.58. The van der Waals surface area contributed by atoms with E-state index in [2.05, 4.69) is 41.3 Å². The summed E-state index contributed by atoms with van der Waals surface area (Å²) in [6.45, 7) is 9.74. The van der Waals surface area contributed by atoms with Gasteiger partial charge in [0, 0.05) is 23.1 Å². The average molecular weight is 269 g/mol. The van der Waals surface area contributed by atoms with Gasteiger partial charge in [-0.2, -0.15) is 0 Å². The lowest BCUT2D eigenvalue weighted by Gasteiger charge is -2.31. The fourth-order valence-electron chi connectivity index (χ4n) is 1.29. The van der Waals surface area contributed by atoms with E-state index in [0.717, 1.165) is 26.3 Å². The van der Waals surface area contributed by atoms with Gasteiger partial charge in [-0.25, -0.2) is 0 Å². The molecular formula is C8H16INO. The number of halogens is 1. The summed E-state index contributed by atoms with van der Waals surface area (Å²) in [5.74, 6) is 0. The summed E-state index contributed by atoms with van der Waals surface area (Å²) in [7, 11) is 0. The van der Waals surface area contributed by atoms with Crippen molar-refractivity contribution in [2.24, 2.45) is 0 Å². The van der Waals surface area contributed by atoms with Crippen LogP contribution in [0.25, 0.3) is 0 Å². The topological polar surface area (TPSA) is 12.5 Å². The molecule has 0 aliphatic carbocycles. The molecule has 0 aromatic carbocycles. The molecule has 0 aromatic heterocycles. The van der Waals surface area contributed by atoms with E-state index < -0.39 is 0 Å². The zero-order valence-corrected chi connectivity index (χ0v) is 9.43. The third-order valence-electron chi connectivity index (χ3n) is 1.70. The molecule has 0 radical (unpaired) electrons. The summed E-state index contributed by atoms with van der Waals surface area (Å²) in [5.41, 5.74) is 0. The Morgan fingerprint density at radius 2 is 1.91 bits per heavy atom. The highest BCUT2D eigenvalue weighted by Crippen LogP contribution is 2.18. The maximum absolute atomic E-state index is 5.27. The van der Waals surface area contributed by atoms with E-state index in [0.29, 0.717) is 3.42 Å². The number of hydrogen-bond donors (Lipinski definition) is 0. The van der Waals surface area contributed by atoms with Crippen molar-refractivity contribution in [2.45, 2.75) is 17.3 Å². The van der Waals surface area contributed by atoms with Crippen LogP contribution in [0.15, 0.2) is 0 Å². The van der Waals surface area contributed by atoms with Crippen LogP contribution in [0.5, 0.6) is 0 Å². The highest BCUT2D eigenvalue weighted by Gasteiger charge is 2.19. The van der Waals surface area contributed by atoms with E-state index in [1.807, 2.05) is 0 Å². The monoisotopic (exact) mass is 269 g/mol. The molecule has 66 valence electrons. The van der Waals surface area contributed by atoms with Gasteiger partial charge in [0.1, 0.15) is 0 Å². The second-order valence-corrected chi connectivity index (χ2v) is 6.53. The van der Waals surface area contributed by atoms with Crippen LogP contribution in [0.3, 0.4) is 0 Å². The van der Waals surface area contributed by atoms with Gasteiger partial charge in [0.15, 0.2) is 0 Å². The largest absolute Gasteiger partial charge is 0.379 e. The lowest BCUT2D eigenvalue weighted by atomic mass is 10.2. The highest BCUT2D eigenvalue weighted by atomic mass is 127. The van der Waals surface area contributed by atoms with Crippen LogP contribution in [0.2, 0.25) is 0 Å². The zero-order chi connectivity index (χ0) is 8.32. The van der Waals surface area contributed by atoms with Crippen molar-refractivity contribution in [3.8, 4) is 0 Å². The standard InChI is InChI=1S/C8H16INO/c1-8(2,9)7-10-3-5-11-6-4-10/h3-7H2,1-2H3. The van der Waals surface area contributed by atoms with Gasteiger partial charge >= 0.3 is 0 Å². The Bertz CT molecular complexity index is 116. The van der Waals surface area contributed by atoms with Crippen molar-refractivity contribution in [3.05, 3.63) is 0 Å². The molecule has 3 heteroatoms. The summed E-state index contributed by atoms with van der Waals surface area (Å²) in [6.07, 6.45) is 0. The van der Waals surface area contributed by atoms with E-state index in [9.17, 15) is 0 Å². The molecular weight excluding hydrogens is 253 g/mol. The molecule has 2 nitrogen and oxygen atoms in total. The third kappa shape index (κ3) is 4.28. The van der Waals surface area contributed by atoms with Crippen LogP contribution in [-0.4, -0.2) is 41.2 Å². The van der Waals surface area contributed by atoms with E-state index >= 15 is 0 Å². The summed E-state index contributed by atoms with van der Waals surface area (Å²) < 4.78 is 5.67. The van der Waals surface area contributed by atoms with Crippen molar-refractivity contribution in [1.29, 1.82) is 0 Å². The van der Waals surface area contributed by atoms with Crippen LogP contribution < -0.4 is 0 Å². The lowest BCUT2D eigenvalue weighted by molar-refractivity contribution is 0.0357. The molecule has 0 unspecified atom stereocenters. The molecule has 11 heavy (non-hydrogen) atoms. The maximum atomic E-state index is 5.27. The summed E-state index contributed by atoms with van der Waals surface area (Å²) in [4.78, 5) is 2.47. The van der Waals surface area contributed by atoms with Gasteiger partial charge in [-0.05, 0) is 13.8 Å². The van der Waals surface area contributed by atoms with Gasteiger partial charge in [-0.1, -0.05) is 22.6 Å². The molecule has 1 heterocycles. The number of alkyl halides is 1. The van der Waals surface area contributed by atoms with Crippen LogP contribution in [-0.2, 0) is 4.74 Å². The SMILES string of the molecule is CC(C)(I)CN1CCOCC1. The van der Waals surface area contributed by atoms with Gasteiger partial charge in [0.25, 0.3) is 0 Å². The quantitative estimate of drug-likeness (QED) is 0.557. The first-order valence-corrected chi connectivity index (χ1v) is 5.15. The molecule has 1 rings (SSSR count).